The van der Waals surface area contributed by atoms with Gasteiger partial charge in [-0.1, -0.05) is 6.07 Å². The van der Waals surface area contributed by atoms with Gasteiger partial charge in [-0.2, -0.15) is 5.26 Å². The first-order valence-electron chi connectivity index (χ1n) is 5.67. The van der Waals surface area contributed by atoms with Gasteiger partial charge in [-0.05, 0) is 41.8 Å². The number of hydrogen-bond donors (Lipinski definition) is 0. The number of halogens is 3. The van der Waals surface area contributed by atoms with Crippen molar-refractivity contribution in [1.82, 2.24) is 0 Å². The number of nitrogens with zero attached hydrogens (tertiary/aromatic N) is 1. The summed E-state index contributed by atoms with van der Waals surface area (Å²) in [5.74, 6) is -1.35. The van der Waals surface area contributed by atoms with Crippen molar-refractivity contribution in [2.75, 3.05) is 6.61 Å². The predicted molar refractivity (Wildman–Crippen MR) is 66.0 cm³/mol. The van der Waals surface area contributed by atoms with Gasteiger partial charge in [-0.15, -0.1) is 0 Å². The topological polar surface area (TPSA) is 33.0 Å². The smallest absolute Gasteiger partial charge is 0.145 e. The van der Waals surface area contributed by atoms with Gasteiger partial charge < -0.3 is 4.74 Å². The standard InChI is InChI=1S/C13H12BrF2NO/c1-8-6-13(7-17,4-5-18-8)9-2-3-10(15)11(14)12(9)16/h2-3,8H,4-6H2,1H3/t8-,13+/m0/s1. The molecule has 96 valence electrons. The summed E-state index contributed by atoms with van der Waals surface area (Å²) >= 11 is 2.87. The Morgan fingerprint density at radius 3 is 2.83 bits per heavy atom. The van der Waals surface area contributed by atoms with E-state index >= 15 is 0 Å². The van der Waals surface area contributed by atoms with Gasteiger partial charge in [0.05, 0.1) is 22.1 Å². The first kappa shape index (κ1) is 13.4. The van der Waals surface area contributed by atoms with E-state index in [-0.39, 0.29) is 16.1 Å². The molecular weight excluding hydrogens is 304 g/mol. The summed E-state index contributed by atoms with van der Waals surface area (Å²) in [7, 11) is 0. The SMILES string of the molecule is C[C@H]1C[C@](C#N)(c2ccc(F)c(Br)c2F)CCO1. The van der Waals surface area contributed by atoms with E-state index in [1.807, 2.05) is 6.92 Å². The van der Waals surface area contributed by atoms with E-state index in [0.29, 0.717) is 19.4 Å². The second kappa shape index (κ2) is 4.94. The zero-order valence-electron chi connectivity index (χ0n) is 9.84. The maximum absolute atomic E-state index is 14.1. The molecule has 1 saturated heterocycles. The number of nitriles is 1. The first-order valence-corrected chi connectivity index (χ1v) is 6.46. The van der Waals surface area contributed by atoms with Gasteiger partial charge in [0.2, 0.25) is 0 Å². The number of rotatable bonds is 1. The molecule has 0 amide bonds. The van der Waals surface area contributed by atoms with Gasteiger partial charge in [0.15, 0.2) is 0 Å². The van der Waals surface area contributed by atoms with Crippen LogP contribution in [0.25, 0.3) is 0 Å². The van der Waals surface area contributed by atoms with Crippen molar-refractivity contribution in [3.63, 3.8) is 0 Å². The van der Waals surface area contributed by atoms with E-state index in [0.717, 1.165) is 0 Å². The van der Waals surface area contributed by atoms with Crippen LogP contribution in [0.1, 0.15) is 25.3 Å². The van der Waals surface area contributed by atoms with Crippen molar-refractivity contribution >= 4 is 15.9 Å². The molecule has 1 fully saturated rings. The Morgan fingerprint density at radius 1 is 1.50 bits per heavy atom. The van der Waals surface area contributed by atoms with Crippen molar-refractivity contribution in [1.29, 1.82) is 5.26 Å². The van der Waals surface area contributed by atoms with Gasteiger partial charge >= 0.3 is 0 Å². The van der Waals surface area contributed by atoms with Crippen molar-refractivity contribution < 1.29 is 13.5 Å². The average molecular weight is 316 g/mol. The molecule has 0 saturated carbocycles. The van der Waals surface area contributed by atoms with Crippen molar-refractivity contribution in [2.24, 2.45) is 0 Å². The molecule has 1 heterocycles. The third kappa shape index (κ3) is 2.15. The zero-order chi connectivity index (χ0) is 13.3. The van der Waals surface area contributed by atoms with Gasteiger partial charge in [0, 0.05) is 12.2 Å². The highest BCUT2D eigenvalue weighted by molar-refractivity contribution is 9.10. The largest absolute Gasteiger partial charge is 0.378 e. The highest BCUT2D eigenvalue weighted by Gasteiger charge is 2.40. The number of hydrogen-bond acceptors (Lipinski definition) is 2. The molecule has 0 radical (unpaired) electrons. The number of benzene rings is 1. The molecule has 1 aliphatic heterocycles. The molecule has 5 heteroatoms. The monoisotopic (exact) mass is 315 g/mol. The van der Waals surface area contributed by atoms with E-state index in [2.05, 4.69) is 22.0 Å². The molecular formula is C13H12BrF2NO. The lowest BCUT2D eigenvalue weighted by Crippen LogP contribution is -2.37. The lowest BCUT2D eigenvalue weighted by molar-refractivity contribution is 0.00280. The summed E-state index contributed by atoms with van der Waals surface area (Å²) in [4.78, 5) is 0. The summed E-state index contributed by atoms with van der Waals surface area (Å²) in [6.45, 7) is 2.25. The second-order valence-electron chi connectivity index (χ2n) is 4.55. The van der Waals surface area contributed by atoms with Gasteiger partial charge in [-0.3, -0.25) is 0 Å². The summed E-state index contributed by atoms with van der Waals surface area (Å²) in [5.41, 5.74) is -0.689. The Kier molecular flexibility index (Phi) is 3.69. The summed E-state index contributed by atoms with van der Waals surface area (Å²) < 4.78 is 32.5. The van der Waals surface area contributed by atoms with Crippen LogP contribution in [-0.2, 0) is 10.2 Å². The van der Waals surface area contributed by atoms with Crippen LogP contribution in [0, 0.1) is 23.0 Å². The summed E-state index contributed by atoms with van der Waals surface area (Å²) in [5, 5.41) is 9.42. The Labute approximate surface area is 113 Å². The molecule has 0 bridgehead atoms. The van der Waals surface area contributed by atoms with Crippen LogP contribution >= 0.6 is 15.9 Å². The molecule has 1 aromatic rings. The van der Waals surface area contributed by atoms with Crippen LogP contribution in [0.3, 0.4) is 0 Å². The predicted octanol–water partition coefficient (Wildman–Crippen LogP) is 3.69. The molecule has 0 N–H and O–H groups in total. The minimum atomic E-state index is -0.933. The minimum Gasteiger partial charge on any atom is -0.378 e. The minimum absolute atomic E-state index is 0.110. The molecule has 0 aromatic heterocycles. The van der Waals surface area contributed by atoms with Gasteiger partial charge in [0.25, 0.3) is 0 Å². The van der Waals surface area contributed by atoms with Crippen molar-refractivity contribution in [2.45, 2.75) is 31.3 Å². The molecule has 0 unspecified atom stereocenters. The van der Waals surface area contributed by atoms with Crippen LogP contribution in [0.15, 0.2) is 16.6 Å². The molecule has 18 heavy (non-hydrogen) atoms. The fourth-order valence-electron chi connectivity index (χ4n) is 2.39. The van der Waals surface area contributed by atoms with Crippen LogP contribution in [-0.4, -0.2) is 12.7 Å². The van der Waals surface area contributed by atoms with Crippen molar-refractivity contribution in [3.05, 3.63) is 33.8 Å². The Balaban J connectivity index is 2.52. The molecule has 0 aliphatic carbocycles. The highest BCUT2D eigenvalue weighted by Crippen LogP contribution is 2.39. The fourth-order valence-corrected chi connectivity index (χ4v) is 2.73. The maximum Gasteiger partial charge on any atom is 0.145 e. The van der Waals surface area contributed by atoms with Crippen LogP contribution in [0.5, 0.6) is 0 Å². The van der Waals surface area contributed by atoms with E-state index < -0.39 is 17.0 Å². The first-order chi connectivity index (χ1) is 8.50. The Bertz CT molecular complexity index is 514. The molecule has 2 atom stereocenters. The van der Waals surface area contributed by atoms with Crippen LogP contribution < -0.4 is 0 Å². The lowest BCUT2D eigenvalue weighted by Gasteiger charge is -2.35. The van der Waals surface area contributed by atoms with Gasteiger partial charge in [-0.25, -0.2) is 8.78 Å². The summed E-state index contributed by atoms with van der Waals surface area (Å²) in [6, 6.07) is 4.73. The van der Waals surface area contributed by atoms with E-state index in [4.69, 9.17) is 4.74 Å². The van der Waals surface area contributed by atoms with Crippen molar-refractivity contribution in [3.8, 4) is 6.07 Å². The fraction of sp³-hybridized carbons (Fsp3) is 0.462. The van der Waals surface area contributed by atoms with E-state index in [1.165, 1.54) is 12.1 Å². The Morgan fingerprint density at radius 2 is 2.22 bits per heavy atom. The summed E-state index contributed by atoms with van der Waals surface area (Å²) in [6.07, 6.45) is 0.725. The van der Waals surface area contributed by atoms with E-state index in [1.54, 1.807) is 0 Å². The zero-order valence-corrected chi connectivity index (χ0v) is 11.4. The third-order valence-corrected chi connectivity index (χ3v) is 4.06. The molecule has 1 aromatic carbocycles. The molecule has 2 rings (SSSR count). The average Bonchev–Trinajstić information content (AvgIpc) is 2.36. The van der Waals surface area contributed by atoms with E-state index in [9.17, 15) is 14.0 Å². The number of ether oxygens (including phenoxy) is 1. The van der Waals surface area contributed by atoms with Gasteiger partial charge in [0.1, 0.15) is 11.6 Å². The Hall–Kier alpha value is -0.990. The maximum atomic E-state index is 14.1. The molecule has 2 nitrogen and oxygen atoms in total. The molecule has 1 aliphatic rings. The highest BCUT2D eigenvalue weighted by atomic mass is 79.9. The quantitative estimate of drug-likeness (QED) is 0.740. The van der Waals surface area contributed by atoms with Crippen LogP contribution in [0.4, 0.5) is 8.78 Å². The second-order valence-corrected chi connectivity index (χ2v) is 5.35. The molecule has 0 spiro atoms. The normalized spacial score (nSPS) is 27.8. The lowest BCUT2D eigenvalue weighted by atomic mass is 9.73. The van der Waals surface area contributed by atoms with Crippen LogP contribution in [0.2, 0.25) is 0 Å². The third-order valence-electron chi connectivity index (χ3n) is 3.33.